The van der Waals surface area contributed by atoms with Gasteiger partial charge in [0.15, 0.2) is 0 Å². The maximum atomic E-state index is 6.00. The monoisotopic (exact) mass is 270 g/mol. The van der Waals surface area contributed by atoms with E-state index in [4.69, 9.17) is 16.3 Å². The zero-order valence-electron chi connectivity index (χ0n) is 10.6. The number of nitrogens with zero attached hydrogens (tertiary/aromatic N) is 2. The molecule has 0 amide bonds. The first-order chi connectivity index (χ1) is 8.79. The summed E-state index contributed by atoms with van der Waals surface area (Å²) in [5.74, 6) is 2.05. The molecule has 0 unspecified atom stereocenters. The van der Waals surface area contributed by atoms with Gasteiger partial charge in [0.2, 0.25) is 5.95 Å². The number of hydrogen-bond acceptors (Lipinski definition) is 5. The maximum absolute atomic E-state index is 6.00. The van der Waals surface area contributed by atoms with Crippen LogP contribution in [-0.4, -0.2) is 36.8 Å². The van der Waals surface area contributed by atoms with E-state index in [-0.39, 0.29) is 0 Å². The van der Waals surface area contributed by atoms with Crippen LogP contribution in [0.5, 0.6) is 0 Å². The van der Waals surface area contributed by atoms with Crippen LogP contribution >= 0.6 is 11.6 Å². The summed E-state index contributed by atoms with van der Waals surface area (Å²) in [5.41, 5.74) is 0. The number of ether oxygens (including phenoxy) is 1. The summed E-state index contributed by atoms with van der Waals surface area (Å²) in [6, 6.07) is 0. The molecule has 2 N–H and O–H groups in total. The Kier molecular flexibility index (Phi) is 5.01. The highest BCUT2D eigenvalue weighted by Gasteiger charge is 2.20. The second-order valence-electron chi connectivity index (χ2n) is 4.44. The molecule has 1 fully saturated rings. The minimum atomic E-state index is 0.535. The van der Waals surface area contributed by atoms with Crippen molar-refractivity contribution in [3.05, 3.63) is 11.2 Å². The van der Waals surface area contributed by atoms with Gasteiger partial charge in [0, 0.05) is 26.8 Å². The zero-order chi connectivity index (χ0) is 12.8. The minimum absolute atomic E-state index is 0.535. The van der Waals surface area contributed by atoms with E-state index in [1.54, 1.807) is 13.2 Å². The van der Waals surface area contributed by atoms with Gasteiger partial charge in [-0.2, -0.15) is 4.98 Å². The van der Waals surface area contributed by atoms with Crippen molar-refractivity contribution in [3.8, 4) is 0 Å². The van der Waals surface area contributed by atoms with Gasteiger partial charge in [0.1, 0.15) is 10.8 Å². The first kappa shape index (κ1) is 13.4. The second-order valence-corrected chi connectivity index (χ2v) is 4.85. The van der Waals surface area contributed by atoms with Crippen molar-refractivity contribution in [2.75, 3.05) is 37.4 Å². The first-order valence-electron chi connectivity index (χ1n) is 6.31. The highest BCUT2D eigenvalue weighted by atomic mass is 35.5. The standard InChI is InChI=1S/C12H19ClN4O/c1-14-12-16-7-10(13)11(17-12)15-5-2-6-18-8-9-3-4-9/h7,9H,2-6,8H2,1H3,(H2,14,15,16,17). The summed E-state index contributed by atoms with van der Waals surface area (Å²) < 4.78 is 5.55. The van der Waals surface area contributed by atoms with Gasteiger partial charge in [0.05, 0.1) is 6.20 Å². The Bertz CT molecular complexity index is 384. The Balaban J connectivity index is 1.65. The minimum Gasteiger partial charge on any atom is -0.381 e. The van der Waals surface area contributed by atoms with Crippen molar-refractivity contribution >= 4 is 23.4 Å². The third-order valence-corrected chi connectivity index (χ3v) is 3.05. The normalized spacial score (nSPS) is 14.6. The van der Waals surface area contributed by atoms with Crippen LogP contribution in [0.15, 0.2) is 6.20 Å². The molecule has 0 aromatic carbocycles. The third-order valence-electron chi connectivity index (χ3n) is 2.78. The van der Waals surface area contributed by atoms with Gasteiger partial charge in [-0.25, -0.2) is 4.98 Å². The van der Waals surface area contributed by atoms with E-state index in [0.29, 0.717) is 16.8 Å². The Hall–Kier alpha value is -1.07. The quantitative estimate of drug-likeness (QED) is 0.711. The van der Waals surface area contributed by atoms with Gasteiger partial charge >= 0.3 is 0 Å². The largest absolute Gasteiger partial charge is 0.381 e. The summed E-state index contributed by atoms with van der Waals surface area (Å²) in [5, 5.41) is 6.60. The van der Waals surface area contributed by atoms with Crippen molar-refractivity contribution in [2.45, 2.75) is 19.3 Å². The van der Waals surface area contributed by atoms with Crippen molar-refractivity contribution < 1.29 is 4.74 Å². The molecule has 0 saturated heterocycles. The number of anilines is 2. The average Bonchev–Trinajstić information content (AvgIpc) is 3.19. The molecule has 1 aliphatic carbocycles. The fourth-order valence-corrected chi connectivity index (χ4v) is 1.68. The maximum Gasteiger partial charge on any atom is 0.224 e. The Morgan fingerprint density at radius 1 is 1.50 bits per heavy atom. The number of hydrogen-bond donors (Lipinski definition) is 2. The van der Waals surface area contributed by atoms with E-state index >= 15 is 0 Å². The predicted molar refractivity (Wildman–Crippen MR) is 73.2 cm³/mol. The van der Waals surface area contributed by atoms with Gasteiger partial charge in [-0.1, -0.05) is 11.6 Å². The molecule has 0 bridgehead atoms. The van der Waals surface area contributed by atoms with Crippen molar-refractivity contribution in [2.24, 2.45) is 5.92 Å². The molecule has 0 aliphatic heterocycles. The number of rotatable bonds is 8. The molecule has 0 spiro atoms. The topological polar surface area (TPSA) is 59.1 Å². The molecule has 5 nitrogen and oxygen atoms in total. The second kappa shape index (κ2) is 6.75. The molecule has 1 aliphatic rings. The van der Waals surface area contributed by atoms with Crippen LogP contribution in [0.2, 0.25) is 5.02 Å². The van der Waals surface area contributed by atoms with Crippen LogP contribution in [-0.2, 0) is 4.74 Å². The van der Waals surface area contributed by atoms with Gasteiger partial charge in [-0.3, -0.25) is 0 Å². The lowest BCUT2D eigenvalue weighted by Gasteiger charge is -2.08. The molecular weight excluding hydrogens is 252 g/mol. The van der Waals surface area contributed by atoms with Gasteiger partial charge in [-0.05, 0) is 25.2 Å². The van der Waals surface area contributed by atoms with Gasteiger partial charge in [0.25, 0.3) is 0 Å². The lowest BCUT2D eigenvalue weighted by Crippen LogP contribution is -2.09. The Morgan fingerprint density at radius 2 is 2.33 bits per heavy atom. The summed E-state index contributed by atoms with van der Waals surface area (Å²) in [4.78, 5) is 8.26. The Labute approximate surface area is 112 Å². The summed E-state index contributed by atoms with van der Waals surface area (Å²) in [6.07, 6.45) is 5.21. The SMILES string of the molecule is CNc1ncc(Cl)c(NCCCOCC2CC2)n1. The fourth-order valence-electron chi connectivity index (χ4n) is 1.53. The van der Waals surface area contributed by atoms with Crippen LogP contribution in [0.3, 0.4) is 0 Å². The van der Waals surface area contributed by atoms with E-state index in [1.807, 2.05) is 0 Å². The van der Waals surface area contributed by atoms with Crippen molar-refractivity contribution in [3.63, 3.8) is 0 Å². The van der Waals surface area contributed by atoms with E-state index in [2.05, 4.69) is 20.6 Å². The van der Waals surface area contributed by atoms with E-state index in [0.717, 1.165) is 32.1 Å². The fraction of sp³-hybridized carbons (Fsp3) is 0.667. The lowest BCUT2D eigenvalue weighted by atomic mass is 10.4. The number of halogens is 1. The van der Waals surface area contributed by atoms with Crippen LogP contribution in [0, 0.1) is 5.92 Å². The molecule has 1 saturated carbocycles. The van der Waals surface area contributed by atoms with Gasteiger partial charge < -0.3 is 15.4 Å². The summed E-state index contributed by atoms with van der Waals surface area (Å²) in [7, 11) is 1.78. The highest BCUT2D eigenvalue weighted by molar-refractivity contribution is 6.32. The number of nitrogens with one attached hydrogen (secondary N) is 2. The zero-order valence-corrected chi connectivity index (χ0v) is 11.3. The van der Waals surface area contributed by atoms with E-state index in [9.17, 15) is 0 Å². The smallest absolute Gasteiger partial charge is 0.224 e. The van der Waals surface area contributed by atoms with Crippen molar-refractivity contribution in [1.82, 2.24) is 9.97 Å². The predicted octanol–water partition coefficient (Wildman–Crippen LogP) is 2.40. The van der Waals surface area contributed by atoms with Gasteiger partial charge in [-0.15, -0.1) is 0 Å². The average molecular weight is 271 g/mol. The molecule has 1 aromatic rings. The molecule has 6 heteroatoms. The van der Waals surface area contributed by atoms with E-state index < -0.39 is 0 Å². The molecule has 0 radical (unpaired) electrons. The molecule has 1 heterocycles. The molecule has 2 rings (SSSR count). The lowest BCUT2D eigenvalue weighted by molar-refractivity contribution is 0.124. The van der Waals surface area contributed by atoms with E-state index in [1.165, 1.54) is 12.8 Å². The Morgan fingerprint density at radius 3 is 3.06 bits per heavy atom. The summed E-state index contributed by atoms with van der Waals surface area (Å²) >= 11 is 6.00. The molecule has 100 valence electrons. The van der Waals surface area contributed by atoms with Crippen LogP contribution < -0.4 is 10.6 Å². The molecule has 1 aromatic heterocycles. The van der Waals surface area contributed by atoms with Crippen LogP contribution in [0.25, 0.3) is 0 Å². The highest BCUT2D eigenvalue weighted by Crippen LogP contribution is 2.28. The molecular formula is C12H19ClN4O. The summed E-state index contributed by atoms with van der Waals surface area (Å²) in [6.45, 7) is 2.49. The van der Waals surface area contributed by atoms with Crippen LogP contribution in [0.1, 0.15) is 19.3 Å². The van der Waals surface area contributed by atoms with Crippen molar-refractivity contribution in [1.29, 1.82) is 0 Å². The third kappa shape index (κ3) is 4.31. The first-order valence-corrected chi connectivity index (χ1v) is 6.69. The molecule has 18 heavy (non-hydrogen) atoms. The number of aromatic nitrogens is 2. The molecule has 0 atom stereocenters. The van der Waals surface area contributed by atoms with Crippen LogP contribution in [0.4, 0.5) is 11.8 Å².